The number of halogens is 1. The topological polar surface area (TPSA) is 29.9 Å². The van der Waals surface area contributed by atoms with Crippen molar-refractivity contribution in [2.24, 2.45) is 0 Å². The highest BCUT2D eigenvalue weighted by molar-refractivity contribution is 9.10. The second-order valence-electron chi connectivity index (χ2n) is 5.81. The number of benzene rings is 2. The lowest BCUT2D eigenvalue weighted by Gasteiger charge is -2.09. The Kier molecular flexibility index (Phi) is 3.92. The van der Waals surface area contributed by atoms with Gasteiger partial charge in [0.2, 0.25) is 0 Å². The Morgan fingerprint density at radius 2 is 1.74 bits per heavy atom. The molecule has 1 aliphatic heterocycles. The summed E-state index contributed by atoms with van der Waals surface area (Å²) in [6.07, 6.45) is 3.47. The van der Waals surface area contributed by atoms with Gasteiger partial charge in [-0.15, -0.1) is 0 Å². The van der Waals surface area contributed by atoms with Crippen LogP contribution in [0.15, 0.2) is 59.1 Å². The smallest absolute Gasteiger partial charge is 0.133 e. The molecule has 4 rings (SSSR count). The van der Waals surface area contributed by atoms with Gasteiger partial charge in [0.25, 0.3) is 0 Å². The van der Waals surface area contributed by atoms with E-state index in [0.717, 1.165) is 34.6 Å². The molecule has 2 heterocycles. The number of nitrogens with one attached hydrogen (secondary N) is 1. The van der Waals surface area contributed by atoms with Crippen molar-refractivity contribution in [3.8, 4) is 16.9 Å². The lowest BCUT2D eigenvalue weighted by Crippen LogP contribution is -2.07. The Morgan fingerprint density at radius 1 is 0.957 bits per heavy atom. The third-order valence-electron chi connectivity index (χ3n) is 4.25. The van der Waals surface area contributed by atoms with Gasteiger partial charge in [0.05, 0.1) is 11.4 Å². The molecule has 3 aromatic rings. The molecule has 0 spiro atoms. The second kappa shape index (κ2) is 6.20. The van der Waals surface area contributed by atoms with Crippen molar-refractivity contribution >= 4 is 21.7 Å². The summed E-state index contributed by atoms with van der Waals surface area (Å²) in [4.78, 5) is 0. The maximum Gasteiger partial charge on any atom is 0.133 e. The molecular formula is C19H18BrN3. The maximum atomic E-state index is 4.94. The Morgan fingerprint density at radius 3 is 2.52 bits per heavy atom. The summed E-state index contributed by atoms with van der Waals surface area (Å²) >= 11 is 3.50. The molecule has 0 saturated carbocycles. The lowest BCUT2D eigenvalue weighted by molar-refractivity contribution is 0.780. The summed E-state index contributed by atoms with van der Waals surface area (Å²) in [5.74, 6) is 1.14. The minimum Gasteiger partial charge on any atom is -0.370 e. The fourth-order valence-corrected chi connectivity index (χ4v) is 3.36. The van der Waals surface area contributed by atoms with Crippen molar-refractivity contribution < 1.29 is 0 Å². The molecule has 4 heteroatoms. The van der Waals surface area contributed by atoms with Gasteiger partial charge in [-0.1, -0.05) is 46.3 Å². The van der Waals surface area contributed by atoms with E-state index in [1.807, 2.05) is 6.07 Å². The van der Waals surface area contributed by atoms with Gasteiger partial charge >= 0.3 is 0 Å². The van der Waals surface area contributed by atoms with Gasteiger partial charge in [0.1, 0.15) is 5.82 Å². The summed E-state index contributed by atoms with van der Waals surface area (Å²) in [5, 5.41) is 8.53. The van der Waals surface area contributed by atoms with Crippen LogP contribution in [0.25, 0.3) is 16.9 Å². The van der Waals surface area contributed by atoms with E-state index in [1.165, 1.54) is 24.0 Å². The van der Waals surface area contributed by atoms with Crippen LogP contribution >= 0.6 is 15.9 Å². The minimum atomic E-state index is 1.00. The summed E-state index contributed by atoms with van der Waals surface area (Å²) in [6, 6.07) is 18.8. The summed E-state index contributed by atoms with van der Waals surface area (Å²) in [7, 11) is 0. The van der Waals surface area contributed by atoms with Crippen LogP contribution in [0.1, 0.15) is 18.4 Å². The number of anilines is 1. The van der Waals surface area contributed by atoms with Gasteiger partial charge in [0, 0.05) is 22.1 Å². The number of rotatable bonds is 2. The molecule has 0 radical (unpaired) electrons. The Balaban J connectivity index is 1.89. The fraction of sp³-hybridized carbons (Fsp3) is 0.211. The molecule has 1 N–H and O–H groups in total. The average Bonchev–Trinajstić information content (AvgIpc) is 2.78. The molecule has 0 fully saturated rings. The first kappa shape index (κ1) is 14.5. The highest BCUT2D eigenvalue weighted by atomic mass is 79.9. The zero-order chi connectivity index (χ0) is 15.6. The molecular weight excluding hydrogens is 350 g/mol. The normalized spacial score (nSPS) is 14.0. The fourth-order valence-electron chi connectivity index (χ4n) is 3.10. The third-order valence-corrected chi connectivity index (χ3v) is 4.78. The van der Waals surface area contributed by atoms with Crippen LogP contribution in [0, 0.1) is 0 Å². The molecule has 3 nitrogen and oxygen atoms in total. The quantitative estimate of drug-likeness (QED) is 0.686. The first-order valence-electron chi connectivity index (χ1n) is 8.00. The van der Waals surface area contributed by atoms with Crippen molar-refractivity contribution in [2.45, 2.75) is 19.3 Å². The highest BCUT2D eigenvalue weighted by Crippen LogP contribution is 2.33. The third kappa shape index (κ3) is 2.79. The van der Waals surface area contributed by atoms with Gasteiger partial charge in [-0.05, 0) is 43.5 Å². The largest absolute Gasteiger partial charge is 0.370 e. The first-order chi connectivity index (χ1) is 11.3. The van der Waals surface area contributed by atoms with Gasteiger partial charge in [-0.3, -0.25) is 0 Å². The number of fused-ring (bicyclic) bond motifs is 1. The van der Waals surface area contributed by atoms with E-state index >= 15 is 0 Å². The predicted molar refractivity (Wildman–Crippen MR) is 98.1 cm³/mol. The van der Waals surface area contributed by atoms with E-state index in [2.05, 4.69) is 74.5 Å². The van der Waals surface area contributed by atoms with E-state index in [1.54, 1.807) is 0 Å². The monoisotopic (exact) mass is 367 g/mol. The van der Waals surface area contributed by atoms with E-state index in [9.17, 15) is 0 Å². The van der Waals surface area contributed by atoms with Gasteiger partial charge in [-0.2, -0.15) is 5.10 Å². The minimum absolute atomic E-state index is 1.00. The molecule has 2 aromatic carbocycles. The SMILES string of the molecule is Brc1ccc(-n2nc(-c3ccccc3)c3c2NCCCC3)cc1. The van der Waals surface area contributed by atoms with Crippen LogP contribution < -0.4 is 5.32 Å². The van der Waals surface area contributed by atoms with E-state index in [0.29, 0.717) is 0 Å². The molecule has 0 atom stereocenters. The molecule has 23 heavy (non-hydrogen) atoms. The van der Waals surface area contributed by atoms with Crippen molar-refractivity contribution in [3.05, 3.63) is 64.6 Å². The van der Waals surface area contributed by atoms with E-state index in [4.69, 9.17) is 5.10 Å². The zero-order valence-electron chi connectivity index (χ0n) is 12.8. The summed E-state index contributed by atoms with van der Waals surface area (Å²) in [5.41, 5.74) is 4.69. The molecule has 0 amide bonds. The van der Waals surface area contributed by atoms with Crippen LogP contribution in [0.4, 0.5) is 5.82 Å². The van der Waals surface area contributed by atoms with Crippen LogP contribution in [-0.4, -0.2) is 16.3 Å². The van der Waals surface area contributed by atoms with Gasteiger partial charge < -0.3 is 5.32 Å². The number of hydrogen-bond acceptors (Lipinski definition) is 2. The van der Waals surface area contributed by atoms with Crippen molar-refractivity contribution in [1.82, 2.24) is 9.78 Å². The van der Waals surface area contributed by atoms with Crippen LogP contribution in [-0.2, 0) is 6.42 Å². The molecule has 116 valence electrons. The van der Waals surface area contributed by atoms with Crippen molar-refractivity contribution in [3.63, 3.8) is 0 Å². The Hall–Kier alpha value is -2.07. The average molecular weight is 368 g/mol. The highest BCUT2D eigenvalue weighted by Gasteiger charge is 2.21. The standard InChI is InChI=1S/C19H18BrN3/c20-15-9-11-16(12-10-15)23-19-17(8-4-5-13-21-19)18(22-23)14-6-2-1-3-7-14/h1-3,6-7,9-12,21H,4-5,8,13H2. The number of nitrogens with zero attached hydrogens (tertiary/aromatic N) is 2. The Labute approximate surface area is 144 Å². The number of hydrogen-bond donors (Lipinski definition) is 1. The zero-order valence-corrected chi connectivity index (χ0v) is 14.4. The van der Waals surface area contributed by atoms with E-state index < -0.39 is 0 Å². The van der Waals surface area contributed by atoms with Crippen LogP contribution in [0.3, 0.4) is 0 Å². The summed E-state index contributed by atoms with van der Waals surface area (Å²) < 4.78 is 3.13. The second-order valence-corrected chi connectivity index (χ2v) is 6.73. The van der Waals surface area contributed by atoms with Crippen LogP contribution in [0.5, 0.6) is 0 Å². The Bertz CT molecular complexity index is 807. The van der Waals surface area contributed by atoms with Crippen LogP contribution in [0.2, 0.25) is 0 Å². The maximum absolute atomic E-state index is 4.94. The van der Waals surface area contributed by atoms with Gasteiger partial charge in [0.15, 0.2) is 0 Å². The van der Waals surface area contributed by atoms with Crippen molar-refractivity contribution in [1.29, 1.82) is 0 Å². The summed E-state index contributed by atoms with van der Waals surface area (Å²) in [6.45, 7) is 1.00. The lowest BCUT2D eigenvalue weighted by atomic mass is 10.0. The van der Waals surface area contributed by atoms with Crippen molar-refractivity contribution in [2.75, 3.05) is 11.9 Å². The molecule has 0 unspecified atom stereocenters. The van der Waals surface area contributed by atoms with Gasteiger partial charge in [-0.25, -0.2) is 4.68 Å². The molecule has 1 aliphatic rings. The molecule has 0 saturated heterocycles. The molecule has 0 bridgehead atoms. The molecule has 1 aromatic heterocycles. The van der Waals surface area contributed by atoms with E-state index in [-0.39, 0.29) is 0 Å². The first-order valence-corrected chi connectivity index (χ1v) is 8.79. The number of aromatic nitrogens is 2. The molecule has 0 aliphatic carbocycles. The predicted octanol–water partition coefficient (Wildman–Crippen LogP) is 5.05.